The van der Waals surface area contributed by atoms with Crippen LogP contribution in [0.5, 0.6) is 11.5 Å². The number of para-hydroxylation sites is 1. The van der Waals surface area contributed by atoms with Crippen molar-refractivity contribution in [1.82, 2.24) is 10.2 Å². The van der Waals surface area contributed by atoms with E-state index in [0.717, 1.165) is 24.6 Å². The zero-order chi connectivity index (χ0) is 19.3. The summed E-state index contributed by atoms with van der Waals surface area (Å²) in [6.45, 7) is 7.03. The lowest BCUT2D eigenvalue weighted by molar-refractivity contribution is 0.0718. The van der Waals surface area contributed by atoms with E-state index in [1.807, 2.05) is 25.1 Å². The van der Waals surface area contributed by atoms with Crippen molar-refractivity contribution in [3.8, 4) is 11.5 Å². The molecule has 3 aliphatic heterocycles. The van der Waals surface area contributed by atoms with Crippen molar-refractivity contribution in [2.45, 2.75) is 39.0 Å². The molecule has 3 heterocycles. The molecule has 1 N–H and O–H groups in total. The molecular formula is C23H29FN2O2. The zero-order valence-corrected chi connectivity index (χ0v) is 16.5. The van der Waals surface area contributed by atoms with Gasteiger partial charge in [-0.15, -0.1) is 0 Å². The highest BCUT2D eigenvalue weighted by Crippen LogP contribution is 2.33. The van der Waals surface area contributed by atoms with Crippen molar-refractivity contribution in [3.63, 3.8) is 0 Å². The monoisotopic (exact) mass is 384 g/mol. The van der Waals surface area contributed by atoms with Crippen LogP contribution in [0.25, 0.3) is 0 Å². The van der Waals surface area contributed by atoms with Crippen LogP contribution in [0, 0.1) is 11.7 Å². The summed E-state index contributed by atoms with van der Waals surface area (Å²) >= 11 is 0. The highest BCUT2D eigenvalue weighted by Gasteiger charge is 2.33. The van der Waals surface area contributed by atoms with Crippen LogP contribution in [0.2, 0.25) is 0 Å². The van der Waals surface area contributed by atoms with E-state index in [1.54, 1.807) is 12.1 Å². The van der Waals surface area contributed by atoms with Crippen molar-refractivity contribution in [2.75, 3.05) is 26.2 Å². The number of hydrogen-bond acceptors (Lipinski definition) is 4. The summed E-state index contributed by atoms with van der Waals surface area (Å²) in [5.74, 6) is 1.94. The fraction of sp³-hybridized carbons (Fsp3) is 0.478. The second-order valence-electron chi connectivity index (χ2n) is 7.68. The molecule has 3 aliphatic rings. The van der Waals surface area contributed by atoms with Crippen LogP contribution in [0.4, 0.5) is 4.39 Å². The number of piperidine rings is 3. The Morgan fingerprint density at radius 3 is 2.54 bits per heavy atom. The van der Waals surface area contributed by atoms with Gasteiger partial charge >= 0.3 is 0 Å². The predicted octanol–water partition coefficient (Wildman–Crippen LogP) is 3.99. The second-order valence-corrected chi connectivity index (χ2v) is 7.68. The Balaban J connectivity index is 1.48. The maximum absolute atomic E-state index is 14.0. The molecule has 1 atom stereocenters. The van der Waals surface area contributed by atoms with E-state index in [9.17, 15) is 4.39 Å². The minimum absolute atomic E-state index is 0.184. The molecule has 1 unspecified atom stereocenters. The molecule has 0 radical (unpaired) electrons. The SMILES string of the molecule is CCOc1cccc(CNC2CN3CCC2CC3)c1OCc1ccccc1F. The smallest absolute Gasteiger partial charge is 0.166 e. The molecule has 0 saturated carbocycles. The molecule has 5 heteroatoms. The molecule has 0 aromatic heterocycles. The number of fused-ring (bicyclic) bond motifs is 3. The molecule has 150 valence electrons. The van der Waals surface area contributed by atoms with E-state index in [4.69, 9.17) is 9.47 Å². The van der Waals surface area contributed by atoms with Gasteiger partial charge in [0, 0.05) is 30.3 Å². The van der Waals surface area contributed by atoms with Crippen LogP contribution in [0.1, 0.15) is 30.9 Å². The fourth-order valence-electron chi connectivity index (χ4n) is 4.34. The van der Waals surface area contributed by atoms with Crippen LogP contribution >= 0.6 is 0 Å². The minimum atomic E-state index is -0.247. The van der Waals surface area contributed by atoms with E-state index >= 15 is 0 Å². The maximum Gasteiger partial charge on any atom is 0.166 e. The summed E-state index contributed by atoms with van der Waals surface area (Å²) in [6.07, 6.45) is 2.57. The lowest BCUT2D eigenvalue weighted by Gasteiger charge is -2.45. The molecule has 3 fully saturated rings. The summed E-state index contributed by atoms with van der Waals surface area (Å²) in [5.41, 5.74) is 1.60. The van der Waals surface area contributed by atoms with Crippen LogP contribution in [0.3, 0.4) is 0 Å². The molecule has 3 saturated heterocycles. The average Bonchev–Trinajstić information content (AvgIpc) is 2.73. The van der Waals surface area contributed by atoms with Gasteiger partial charge in [0.25, 0.3) is 0 Å². The van der Waals surface area contributed by atoms with E-state index in [0.29, 0.717) is 29.7 Å². The topological polar surface area (TPSA) is 33.7 Å². The highest BCUT2D eigenvalue weighted by atomic mass is 19.1. The number of benzene rings is 2. The Bertz CT molecular complexity index is 790. The Morgan fingerprint density at radius 2 is 1.82 bits per heavy atom. The number of nitrogens with one attached hydrogen (secondary N) is 1. The molecule has 5 rings (SSSR count). The average molecular weight is 384 g/mol. The number of halogens is 1. The van der Waals surface area contributed by atoms with Gasteiger partial charge in [-0.05, 0) is 50.9 Å². The van der Waals surface area contributed by atoms with Crippen molar-refractivity contribution >= 4 is 0 Å². The van der Waals surface area contributed by atoms with Gasteiger partial charge in [-0.3, -0.25) is 0 Å². The Morgan fingerprint density at radius 1 is 1.04 bits per heavy atom. The molecule has 2 bridgehead atoms. The quantitative estimate of drug-likeness (QED) is 0.746. The van der Waals surface area contributed by atoms with E-state index in [2.05, 4.69) is 16.3 Å². The van der Waals surface area contributed by atoms with Gasteiger partial charge in [0.2, 0.25) is 0 Å². The second kappa shape index (κ2) is 8.93. The van der Waals surface area contributed by atoms with Crippen LogP contribution in [-0.2, 0) is 13.2 Å². The largest absolute Gasteiger partial charge is 0.490 e. The third kappa shape index (κ3) is 4.31. The Hall–Kier alpha value is -2.11. The molecule has 2 aromatic rings. The molecule has 0 spiro atoms. The predicted molar refractivity (Wildman–Crippen MR) is 108 cm³/mol. The van der Waals surface area contributed by atoms with Crippen LogP contribution in [0.15, 0.2) is 42.5 Å². The van der Waals surface area contributed by atoms with Gasteiger partial charge in [0.15, 0.2) is 11.5 Å². The van der Waals surface area contributed by atoms with Gasteiger partial charge in [0.05, 0.1) is 6.61 Å². The fourth-order valence-corrected chi connectivity index (χ4v) is 4.34. The first kappa shape index (κ1) is 19.2. The van der Waals surface area contributed by atoms with E-state index in [1.165, 1.54) is 32.0 Å². The summed E-state index contributed by atoms with van der Waals surface area (Å²) in [5, 5.41) is 3.74. The maximum atomic E-state index is 14.0. The molecule has 0 amide bonds. The van der Waals surface area contributed by atoms with Gasteiger partial charge in [-0.25, -0.2) is 4.39 Å². The van der Waals surface area contributed by atoms with Gasteiger partial charge in [-0.2, -0.15) is 0 Å². The molecule has 2 aromatic carbocycles. The first-order valence-corrected chi connectivity index (χ1v) is 10.3. The molecule has 0 aliphatic carbocycles. The molecule has 4 nitrogen and oxygen atoms in total. The number of hydrogen-bond donors (Lipinski definition) is 1. The normalized spacial score (nSPS) is 23.6. The highest BCUT2D eigenvalue weighted by molar-refractivity contribution is 5.47. The zero-order valence-electron chi connectivity index (χ0n) is 16.5. The summed E-state index contributed by atoms with van der Waals surface area (Å²) in [7, 11) is 0. The van der Waals surface area contributed by atoms with Gasteiger partial charge < -0.3 is 19.7 Å². The summed E-state index contributed by atoms with van der Waals surface area (Å²) < 4.78 is 25.8. The standard InChI is InChI=1S/C23H29FN2O2/c1-2-27-22-9-5-7-18(14-25-21-15-26-12-10-17(21)11-13-26)23(22)28-16-19-6-3-4-8-20(19)24/h3-9,17,21,25H,2,10-16H2,1H3. The Labute approximate surface area is 166 Å². The summed E-state index contributed by atoms with van der Waals surface area (Å²) in [6, 6.07) is 13.2. The number of nitrogens with zero attached hydrogens (tertiary/aromatic N) is 1. The molecule has 28 heavy (non-hydrogen) atoms. The first-order chi connectivity index (χ1) is 13.7. The lowest BCUT2D eigenvalue weighted by atomic mass is 9.84. The first-order valence-electron chi connectivity index (χ1n) is 10.3. The van der Waals surface area contributed by atoms with Crippen molar-refractivity contribution in [2.24, 2.45) is 5.92 Å². The van der Waals surface area contributed by atoms with Crippen molar-refractivity contribution < 1.29 is 13.9 Å². The summed E-state index contributed by atoms with van der Waals surface area (Å²) in [4.78, 5) is 2.55. The number of ether oxygens (including phenoxy) is 2. The lowest BCUT2D eigenvalue weighted by Crippen LogP contribution is -2.55. The van der Waals surface area contributed by atoms with E-state index in [-0.39, 0.29) is 12.4 Å². The minimum Gasteiger partial charge on any atom is -0.490 e. The van der Waals surface area contributed by atoms with Crippen molar-refractivity contribution in [3.05, 3.63) is 59.4 Å². The van der Waals surface area contributed by atoms with Crippen LogP contribution in [-0.4, -0.2) is 37.2 Å². The Kier molecular flexibility index (Phi) is 6.13. The van der Waals surface area contributed by atoms with Crippen molar-refractivity contribution in [1.29, 1.82) is 0 Å². The molecular weight excluding hydrogens is 355 g/mol. The van der Waals surface area contributed by atoms with Crippen LogP contribution < -0.4 is 14.8 Å². The van der Waals surface area contributed by atoms with Gasteiger partial charge in [-0.1, -0.05) is 30.3 Å². The van der Waals surface area contributed by atoms with Gasteiger partial charge in [0.1, 0.15) is 12.4 Å². The third-order valence-electron chi connectivity index (χ3n) is 5.90. The number of rotatable bonds is 8. The van der Waals surface area contributed by atoms with E-state index < -0.39 is 0 Å². The third-order valence-corrected chi connectivity index (χ3v) is 5.90.